The summed E-state index contributed by atoms with van der Waals surface area (Å²) < 4.78 is 0. The predicted octanol–water partition coefficient (Wildman–Crippen LogP) is 2.32. The molecule has 0 atom stereocenters. The van der Waals surface area contributed by atoms with Crippen molar-refractivity contribution in [1.82, 2.24) is 15.3 Å². The third kappa shape index (κ3) is 4.01. The number of nitrogens with one attached hydrogen (secondary N) is 2. The quantitative estimate of drug-likeness (QED) is 0.772. The van der Waals surface area contributed by atoms with Crippen LogP contribution in [0.3, 0.4) is 0 Å². The van der Waals surface area contributed by atoms with Crippen molar-refractivity contribution in [2.75, 3.05) is 5.32 Å². The molecule has 1 aromatic rings. The molecule has 0 radical (unpaired) electrons. The lowest BCUT2D eigenvalue weighted by molar-refractivity contribution is 0.247. The maximum Gasteiger partial charge on any atom is 0.320 e. The summed E-state index contributed by atoms with van der Waals surface area (Å²) in [6, 6.07) is 0.117. The summed E-state index contributed by atoms with van der Waals surface area (Å²) in [5.74, 6) is 0.485. The molecule has 0 aliphatic heterocycles. The number of amides is 2. The van der Waals surface area contributed by atoms with Crippen molar-refractivity contribution in [3.8, 4) is 0 Å². The Labute approximate surface area is 101 Å². The summed E-state index contributed by atoms with van der Waals surface area (Å²) >= 11 is 0. The van der Waals surface area contributed by atoms with Crippen molar-refractivity contribution in [3.05, 3.63) is 18.6 Å². The number of hydrogen-bond donors (Lipinski definition) is 2. The van der Waals surface area contributed by atoms with Crippen LogP contribution in [0.2, 0.25) is 0 Å². The molecule has 0 spiro atoms. The van der Waals surface area contributed by atoms with Gasteiger partial charge in [-0.15, -0.1) is 0 Å². The Bertz CT molecular complexity index is 347. The van der Waals surface area contributed by atoms with Gasteiger partial charge in [-0.3, -0.25) is 10.3 Å². The van der Waals surface area contributed by atoms with Crippen molar-refractivity contribution in [2.45, 2.75) is 44.6 Å². The number of carbonyl (C=O) groups is 1. The van der Waals surface area contributed by atoms with E-state index in [0.29, 0.717) is 11.9 Å². The highest BCUT2D eigenvalue weighted by molar-refractivity contribution is 5.88. The van der Waals surface area contributed by atoms with Gasteiger partial charge >= 0.3 is 6.03 Å². The molecule has 0 bridgehead atoms. The minimum Gasteiger partial charge on any atom is -0.335 e. The highest BCUT2D eigenvalue weighted by Crippen LogP contribution is 2.17. The number of urea groups is 1. The normalized spacial score (nSPS) is 17.2. The van der Waals surface area contributed by atoms with Gasteiger partial charge in [0.2, 0.25) is 0 Å². The molecule has 1 saturated carbocycles. The second-order valence-electron chi connectivity index (χ2n) is 4.38. The minimum atomic E-state index is -0.183. The maximum atomic E-state index is 11.7. The lowest BCUT2D eigenvalue weighted by Crippen LogP contribution is -2.37. The molecule has 1 aliphatic carbocycles. The SMILES string of the molecule is O=C(Nc1cnccn1)NC1CCCCCC1. The fourth-order valence-corrected chi connectivity index (χ4v) is 2.13. The van der Waals surface area contributed by atoms with Gasteiger partial charge in [0, 0.05) is 18.4 Å². The van der Waals surface area contributed by atoms with Crippen LogP contribution in [0.15, 0.2) is 18.6 Å². The molecule has 0 saturated heterocycles. The Morgan fingerprint density at radius 3 is 2.59 bits per heavy atom. The first-order valence-corrected chi connectivity index (χ1v) is 6.18. The molecule has 92 valence electrons. The molecule has 5 nitrogen and oxygen atoms in total. The van der Waals surface area contributed by atoms with E-state index in [1.54, 1.807) is 12.4 Å². The maximum absolute atomic E-state index is 11.7. The first-order chi connectivity index (χ1) is 8.34. The second kappa shape index (κ2) is 6.18. The second-order valence-corrected chi connectivity index (χ2v) is 4.38. The molecule has 1 fully saturated rings. The van der Waals surface area contributed by atoms with Crippen molar-refractivity contribution < 1.29 is 4.79 Å². The Morgan fingerprint density at radius 1 is 1.18 bits per heavy atom. The highest BCUT2D eigenvalue weighted by atomic mass is 16.2. The van der Waals surface area contributed by atoms with Crippen molar-refractivity contribution in [2.24, 2.45) is 0 Å². The lowest BCUT2D eigenvalue weighted by atomic mass is 10.1. The summed E-state index contributed by atoms with van der Waals surface area (Å²) in [5, 5.41) is 5.68. The average Bonchev–Trinajstić information content (AvgIpc) is 2.59. The van der Waals surface area contributed by atoms with E-state index in [1.165, 1.54) is 31.9 Å². The summed E-state index contributed by atoms with van der Waals surface area (Å²) in [4.78, 5) is 19.6. The molecule has 0 aromatic carbocycles. The van der Waals surface area contributed by atoms with Crippen LogP contribution in [0.25, 0.3) is 0 Å². The molecule has 1 aromatic heterocycles. The zero-order chi connectivity index (χ0) is 11.9. The van der Waals surface area contributed by atoms with Gasteiger partial charge in [-0.25, -0.2) is 9.78 Å². The lowest BCUT2D eigenvalue weighted by Gasteiger charge is -2.16. The van der Waals surface area contributed by atoms with E-state index in [9.17, 15) is 4.79 Å². The van der Waals surface area contributed by atoms with Crippen LogP contribution in [0.5, 0.6) is 0 Å². The van der Waals surface area contributed by atoms with Crippen LogP contribution < -0.4 is 10.6 Å². The molecule has 2 rings (SSSR count). The van der Waals surface area contributed by atoms with Crippen LogP contribution >= 0.6 is 0 Å². The third-order valence-corrected chi connectivity index (χ3v) is 3.00. The number of aromatic nitrogens is 2. The first-order valence-electron chi connectivity index (χ1n) is 6.18. The smallest absolute Gasteiger partial charge is 0.320 e. The number of anilines is 1. The molecule has 0 unspecified atom stereocenters. The fourth-order valence-electron chi connectivity index (χ4n) is 2.13. The van der Waals surface area contributed by atoms with Gasteiger partial charge in [0.1, 0.15) is 0 Å². The van der Waals surface area contributed by atoms with Crippen molar-refractivity contribution in [3.63, 3.8) is 0 Å². The minimum absolute atomic E-state index is 0.183. The molecule has 2 amide bonds. The topological polar surface area (TPSA) is 66.9 Å². The van der Waals surface area contributed by atoms with Crippen LogP contribution in [-0.4, -0.2) is 22.0 Å². The Balaban J connectivity index is 1.80. The summed E-state index contributed by atoms with van der Waals surface area (Å²) in [6.07, 6.45) is 11.8. The molecule has 5 heteroatoms. The van der Waals surface area contributed by atoms with E-state index in [4.69, 9.17) is 0 Å². The number of carbonyl (C=O) groups excluding carboxylic acids is 1. The zero-order valence-corrected chi connectivity index (χ0v) is 9.85. The van der Waals surface area contributed by atoms with Gasteiger partial charge in [-0.2, -0.15) is 0 Å². The fraction of sp³-hybridized carbons (Fsp3) is 0.583. The van der Waals surface area contributed by atoms with E-state index >= 15 is 0 Å². The largest absolute Gasteiger partial charge is 0.335 e. The van der Waals surface area contributed by atoms with Crippen LogP contribution in [-0.2, 0) is 0 Å². The van der Waals surface area contributed by atoms with Crippen molar-refractivity contribution >= 4 is 11.8 Å². The zero-order valence-electron chi connectivity index (χ0n) is 9.85. The van der Waals surface area contributed by atoms with E-state index < -0.39 is 0 Å². The Kier molecular flexibility index (Phi) is 4.30. The summed E-state index contributed by atoms with van der Waals surface area (Å²) in [5.41, 5.74) is 0. The van der Waals surface area contributed by atoms with Gasteiger partial charge < -0.3 is 5.32 Å². The van der Waals surface area contributed by atoms with Gasteiger partial charge in [-0.1, -0.05) is 25.7 Å². The molecule has 17 heavy (non-hydrogen) atoms. The van der Waals surface area contributed by atoms with Crippen LogP contribution in [0, 0.1) is 0 Å². The molecular formula is C12H18N4O. The predicted molar refractivity (Wildman–Crippen MR) is 65.7 cm³/mol. The van der Waals surface area contributed by atoms with Gasteiger partial charge in [0.15, 0.2) is 5.82 Å². The Hall–Kier alpha value is -1.65. The number of hydrogen-bond acceptors (Lipinski definition) is 3. The molecule has 2 N–H and O–H groups in total. The monoisotopic (exact) mass is 234 g/mol. The van der Waals surface area contributed by atoms with E-state index in [2.05, 4.69) is 20.6 Å². The van der Waals surface area contributed by atoms with E-state index in [0.717, 1.165) is 12.8 Å². The highest BCUT2D eigenvalue weighted by Gasteiger charge is 2.14. The van der Waals surface area contributed by atoms with Crippen LogP contribution in [0.4, 0.5) is 10.6 Å². The first kappa shape index (κ1) is 11.8. The molecular weight excluding hydrogens is 216 g/mol. The van der Waals surface area contributed by atoms with E-state index in [-0.39, 0.29) is 6.03 Å². The van der Waals surface area contributed by atoms with Crippen LogP contribution in [0.1, 0.15) is 38.5 Å². The molecule has 1 heterocycles. The van der Waals surface area contributed by atoms with Gasteiger partial charge in [0.25, 0.3) is 0 Å². The third-order valence-electron chi connectivity index (χ3n) is 3.00. The Morgan fingerprint density at radius 2 is 1.94 bits per heavy atom. The summed E-state index contributed by atoms with van der Waals surface area (Å²) in [6.45, 7) is 0. The average molecular weight is 234 g/mol. The molecule has 1 aliphatic rings. The van der Waals surface area contributed by atoms with Gasteiger partial charge in [-0.05, 0) is 12.8 Å². The number of nitrogens with zero attached hydrogens (tertiary/aromatic N) is 2. The van der Waals surface area contributed by atoms with E-state index in [1.807, 2.05) is 0 Å². The standard InChI is InChI=1S/C12H18N4O/c17-12(16-11-9-13-7-8-14-11)15-10-5-3-1-2-4-6-10/h7-10H,1-6H2,(H2,14,15,16,17). The van der Waals surface area contributed by atoms with Gasteiger partial charge in [0.05, 0.1) is 6.20 Å². The summed E-state index contributed by atoms with van der Waals surface area (Å²) in [7, 11) is 0. The van der Waals surface area contributed by atoms with Crippen molar-refractivity contribution in [1.29, 1.82) is 0 Å². The number of rotatable bonds is 2.